The van der Waals surface area contributed by atoms with Crippen LogP contribution in [0, 0.1) is 0 Å². The van der Waals surface area contributed by atoms with Gasteiger partial charge in [0, 0.05) is 0 Å². The molecule has 1 aromatic rings. The van der Waals surface area contributed by atoms with Gasteiger partial charge in [-0.15, -0.1) is 0 Å². The Morgan fingerprint density at radius 1 is 1.31 bits per heavy atom. The molecule has 1 saturated carbocycles. The summed E-state index contributed by atoms with van der Waals surface area (Å²) in [6.45, 7) is 3.40. The van der Waals surface area contributed by atoms with Crippen LogP contribution >= 0.6 is 0 Å². The van der Waals surface area contributed by atoms with Gasteiger partial charge in [-0.3, -0.25) is 4.79 Å². The van der Waals surface area contributed by atoms with Crippen LogP contribution in [0.4, 0.5) is 0 Å². The summed E-state index contributed by atoms with van der Waals surface area (Å²) in [5.41, 5.74) is -0.0545. The molecule has 0 heterocycles. The second-order valence-electron chi connectivity index (χ2n) is 4.77. The SMILES string of the molecule is CC(C)(C(=O)O)c1ccc(OC2CC2)cc1. The van der Waals surface area contributed by atoms with Crippen LogP contribution in [0.1, 0.15) is 32.3 Å². The maximum Gasteiger partial charge on any atom is 0.313 e. The number of ether oxygens (including phenoxy) is 1. The Morgan fingerprint density at radius 3 is 2.31 bits per heavy atom. The lowest BCUT2D eigenvalue weighted by atomic mass is 9.85. The molecule has 0 aromatic heterocycles. The summed E-state index contributed by atoms with van der Waals surface area (Å²) in [6.07, 6.45) is 2.63. The third-order valence-corrected chi connectivity index (χ3v) is 2.94. The van der Waals surface area contributed by atoms with Crippen molar-refractivity contribution in [3.05, 3.63) is 29.8 Å². The molecule has 0 aliphatic heterocycles. The Bertz CT molecular complexity index is 388. The van der Waals surface area contributed by atoms with Crippen molar-refractivity contribution in [1.82, 2.24) is 0 Å². The number of aliphatic carboxylic acids is 1. The summed E-state index contributed by atoms with van der Waals surface area (Å²) in [7, 11) is 0. The van der Waals surface area contributed by atoms with E-state index in [1.165, 1.54) is 0 Å². The first-order chi connectivity index (χ1) is 7.50. The van der Waals surface area contributed by atoms with Crippen LogP contribution in [0.2, 0.25) is 0 Å². The Hall–Kier alpha value is -1.51. The molecular weight excluding hydrogens is 204 g/mol. The Labute approximate surface area is 95.0 Å². The number of carboxylic acid groups (broad SMARTS) is 1. The minimum atomic E-state index is -0.849. The van der Waals surface area contributed by atoms with Crippen molar-refractivity contribution in [2.24, 2.45) is 0 Å². The Morgan fingerprint density at radius 2 is 1.88 bits per heavy atom. The Kier molecular flexibility index (Phi) is 2.62. The van der Waals surface area contributed by atoms with Gasteiger partial charge in [0.05, 0.1) is 11.5 Å². The number of carboxylic acids is 1. The molecule has 0 radical (unpaired) electrons. The van der Waals surface area contributed by atoms with E-state index < -0.39 is 11.4 Å². The van der Waals surface area contributed by atoms with Gasteiger partial charge in [0.25, 0.3) is 0 Å². The van der Waals surface area contributed by atoms with Crippen LogP contribution in [-0.4, -0.2) is 17.2 Å². The van der Waals surface area contributed by atoms with E-state index in [1.54, 1.807) is 13.8 Å². The fraction of sp³-hybridized carbons (Fsp3) is 0.462. The van der Waals surface area contributed by atoms with Gasteiger partial charge in [-0.05, 0) is 44.4 Å². The molecule has 3 heteroatoms. The number of carbonyl (C=O) groups is 1. The highest BCUT2D eigenvalue weighted by atomic mass is 16.5. The van der Waals surface area contributed by atoms with Crippen LogP contribution in [0.5, 0.6) is 5.75 Å². The maximum atomic E-state index is 11.1. The zero-order valence-corrected chi connectivity index (χ0v) is 9.56. The summed E-state index contributed by atoms with van der Waals surface area (Å²) < 4.78 is 5.61. The second-order valence-corrected chi connectivity index (χ2v) is 4.77. The zero-order valence-electron chi connectivity index (χ0n) is 9.56. The van der Waals surface area contributed by atoms with E-state index in [1.807, 2.05) is 24.3 Å². The van der Waals surface area contributed by atoms with E-state index in [0.29, 0.717) is 6.10 Å². The van der Waals surface area contributed by atoms with E-state index in [0.717, 1.165) is 24.2 Å². The highest BCUT2D eigenvalue weighted by molar-refractivity contribution is 5.80. The summed E-state index contributed by atoms with van der Waals surface area (Å²) in [5, 5.41) is 9.09. The molecule has 0 atom stereocenters. The normalized spacial score (nSPS) is 15.9. The largest absolute Gasteiger partial charge is 0.490 e. The van der Waals surface area contributed by atoms with Crippen LogP contribution < -0.4 is 4.74 Å². The number of hydrogen-bond acceptors (Lipinski definition) is 2. The predicted molar refractivity (Wildman–Crippen MR) is 60.8 cm³/mol. The van der Waals surface area contributed by atoms with Crippen molar-refractivity contribution >= 4 is 5.97 Å². The van der Waals surface area contributed by atoms with Crippen molar-refractivity contribution in [3.8, 4) is 5.75 Å². The number of hydrogen-bond donors (Lipinski definition) is 1. The molecule has 86 valence electrons. The van der Waals surface area contributed by atoms with Gasteiger partial charge >= 0.3 is 5.97 Å². The van der Waals surface area contributed by atoms with Gasteiger partial charge in [0.15, 0.2) is 0 Å². The fourth-order valence-corrected chi connectivity index (χ4v) is 1.45. The minimum Gasteiger partial charge on any atom is -0.490 e. The smallest absolute Gasteiger partial charge is 0.313 e. The van der Waals surface area contributed by atoms with Gasteiger partial charge < -0.3 is 9.84 Å². The molecule has 1 fully saturated rings. The molecule has 1 N–H and O–H groups in total. The van der Waals surface area contributed by atoms with Gasteiger partial charge in [0.2, 0.25) is 0 Å². The second kappa shape index (κ2) is 3.81. The van der Waals surface area contributed by atoms with Gasteiger partial charge in [-0.2, -0.15) is 0 Å². The highest BCUT2D eigenvalue weighted by Crippen LogP contribution is 2.29. The summed E-state index contributed by atoms with van der Waals surface area (Å²) >= 11 is 0. The van der Waals surface area contributed by atoms with Gasteiger partial charge in [0.1, 0.15) is 5.75 Å². The monoisotopic (exact) mass is 220 g/mol. The van der Waals surface area contributed by atoms with Crippen molar-refractivity contribution in [3.63, 3.8) is 0 Å². The first kappa shape index (κ1) is 11.0. The molecule has 0 unspecified atom stereocenters. The molecule has 0 amide bonds. The average Bonchev–Trinajstić information content (AvgIpc) is 3.02. The topological polar surface area (TPSA) is 46.5 Å². The van der Waals surface area contributed by atoms with Crippen molar-refractivity contribution in [2.75, 3.05) is 0 Å². The third kappa shape index (κ3) is 2.18. The number of rotatable bonds is 4. The lowest BCUT2D eigenvalue weighted by molar-refractivity contribution is -0.142. The standard InChI is InChI=1S/C13H16O3/c1-13(2,12(14)15)9-3-5-10(6-4-9)16-11-7-8-11/h3-6,11H,7-8H2,1-2H3,(H,14,15). The minimum absolute atomic E-state index is 0.373. The summed E-state index contributed by atoms with van der Waals surface area (Å²) in [5.74, 6) is 0.0100. The van der Waals surface area contributed by atoms with E-state index in [9.17, 15) is 4.79 Å². The van der Waals surface area contributed by atoms with E-state index in [-0.39, 0.29) is 0 Å². The predicted octanol–water partition coefficient (Wildman–Crippen LogP) is 2.59. The third-order valence-electron chi connectivity index (χ3n) is 2.94. The van der Waals surface area contributed by atoms with Crippen molar-refractivity contribution in [1.29, 1.82) is 0 Å². The Balaban J connectivity index is 2.14. The molecule has 3 nitrogen and oxygen atoms in total. The molecule has 1 aliphatic carbocycles. The first-order valence-electron chi connectivity index (χ1n) is 5.51. The highest BCUT2D eigenvalue weighted by Gasteiger charge is 2.29. The summed E-state index contributed by atoms with van der Waals surface area (Å²) in [4.78, 5) is 11.1. The van der Waals surface area contributed by atoms with Crippen molar-refractivity contribution < 1.29 is 14.6 Å². The van der Waals surface area contributed by atoms with E-state index in [2.05, 4.69) is 0 Å². The molecule has 1 aromatic carbocycles. The summed E-state index contributed by atoms with van der Waals surface area (Å²) in [6, 6.07) is 7.34. The number of benzene rings is 1. The lowest BCUT2D eigenvalue weighted by Crippen LogP contribution is -2.28. The fourth-order valence-electron chi connectivity index (χ4n) is 1.45. The van der Waals surface area contributed by atoms with Crippen LogP contribution in [-0.2, 0) is 10.2 Å². The zero-order chi connectivity index (χ0) is 11.8. The lowest BCUT2D eigenvalue weighted by Gasteiger charge is -2.19. The van der Waals surface area contributed by atoms with Crippen LogP contribution in [0.3, 0.4) is 0 Å². The molecule has 0 spiro atoms. The van der Waals surface area contributed by atoms with Crippen LogP contribution in [0.15, 0.2) is 24.3 Å². The van der Waals surface area contributed by atoms with Crippen LogP contribution in [0.25, 0.3) is 0 Å². The molecule has 0 bridgehead atoms. The van der Waals surface area contributed by atoms with E-state index >= 15 is 0 Å². The van der Waals surface area contributed by atoms with Gasteiger partial charge in [-0.25, -0.2) is 0 Å². The van der Waals surface area contributed by atoms with Crippen molar-refractivity contribution in [2.45, 2.75) is 38.2 Å². The van der Waals surface area contributed by atoms with Gasteiger partial charge in [-0.1, -0.05) is 12.1 Å². The molecule has 2 rings (SSSR count). The maximum absolute atomic E-state index is 11.1. The quantitative estimate of drug-likeness (QED) is 0.848. The molecule has 16 heavy (non-hydrogen) atoms. The molecule has 0 saturated heterocycles. The molecule has 1 aliphatic rings. The molecular formula is C13H16O3. The average molecular weight is 220 g/mol. The van der Waals surface area contributed by atoms with E-state index in [4.69, 9.17) is 9.84 Å². The first-order valence-corrected chi connectivity index (χ1v) is 5.51.